The van der Waals surface area contributed by atoms with Crippen LogP contribution in [-0.2, 0) is 4.79 Å². The standard InChI is InChI=1S/C21H23N3O4/c1-14-4-6-15(7-5-14)17-3-2-10-24(17)12-20(25)23-21(26)22-16-8-9-18-19(11-16)28-13-27-18/h4-9,11,17H,2-3,10,12-13H2,1H3,(H2,22,23,25,26). The maximum absolute atomic E-state index is 12.4. The predicted octanol–water partition coefficient (Wildman–Crippen LogP) is 3.21. The summed E-state index contributed by atoms with van der Waals surface area (Å²) in [5.41, 5.74) is 2.96. The molecule has 2 aliphatic heterocycles. The van der Waals surface area contributed by atoms with Crippen molar-refractivity contribution in [2.24, 2.45) is 0 Å². The molecule has 0 bridgehead atoms. The van der Waals surface area contributed by atoms with E-state index in [0.29, 0.717) is 17.2 Å². The van der Waals surface area contributed by atoms with Gasteiger partial charge in [0.15, 0.2) is 11.5 Å². The SMILES string of the molecule is Cc1ccc(C2CCCN2CC(=O)NC(=O)Nc2ccc3c(c2)OCO3)cc1. The summed E-state index contributed by atoms with van der Waals surface area (Å²) < 4.78 is 10.5. The lowest BCUT2D eigenvalue weighted by molar-refractivity contribution is -0.121. The number of hydrogen-bond acceptors (Lipinski definition) is 5. The molecule has 1 saturated heterocycles. The van der Waals surface area contributed by atoms with Crippen LogP contribution in [0, 0.1) is 6.92 Å². The zero-order valence-corrected chi connectivity index (χ0v) is 15.7. The van der Waals surface area contributed by atoms with Crippen molar-refractivity contribution >= 4 is 17.6 Å². The van der Waals surface area contributed by atoms with Crippen LogP contribution in [0.4, 0.5) is 10.5 Å². The average Bonchev–Trinajstić information content (AvgIpc) is 3.31. The van der Waals surface area contributed by atoms with Crippen LogP contribution < -0.4 is 20.1 Å². The van der Waals surface area contributed by atoms with Gasteiger partial charge < -0.3 is 14.8 Å². The van der Waals surface area contributed by atoms with Crippen LogP contribution in [0.15, 0.2) is 42.5 Å². The van der Waals surface area contributed by atoms with Crippen LogP contribution in [0.3, 0.4) is 0 Å². The van der Waals surface area contributed by atoms with Crippen molar-refractivity contribution in [3.8, 4) is 11.5 Å². The number of ether oxygens (including phenoxy) is 2. The van der Waals surface area contributed by atoms with Gasteiger partial charge in [0.1, 0.15) is 0 Å². The van der Waals surface area contributed by atoms with Gasteiger partial charge in [0.05, 0.1) is 6.54 Å². The Morgan fingerprint density at radius 2 is 1.89 bits per heavy atom. The number of anilines is 1. The number of fused-ring (bicyclic) bond motifs is 1. The third kappa shape index (κ3) is 4.09. The molecule has 2 N–H and O–H groups in total. The monoisotopic (exact) mass is 381 g/mol. The summed E-state index contributed by atoms with van der Waals surface area (Å²) in [6, 6.07) is 13.1. The summed E-state index contributed by atoms with van der Waals surface area (Å²) in [5.74, 6) is 0.887. The quantitative estimate of drug-likeness (QED) is 0.850. The topological polar surface area (TPSA) is 79.9 Å². The van der Waals surface area contributed by atoms with Crippen molar-refractivity contribution in [3.63, 3.8) is 0 Å². The Balaban J connectivity index is 1.32. The van der Waals surface area contributed by atoms with Gasteiger partial charge in [0, 0.05) is 17.8 Å². The normalized spacial score (nSPS) is 18.1. The van der Waals surface area contributed by atoms with E-state index in [1.54, 1.807) is 18.2 Å². The van der Waals surface area contributed by atoms with Crippen molar-refractivity contribution in [2.75, 3.05) is 25.2 Å². The maximum Gasteiger partial charge on any atom is 0.325 e. The zero-order valence-electron chi connectivity index (χ0n) is 15.7. The molecule has 2 aromatic carbocycles. The van der Waals surface area contributed by atoms with Gasteiger partial charge >= 0.3 is 6.03 Å². The van der Waals surface area contributed by atoms with E-state index >= 15 is 0 Å². The molecule has 0 aromatic heterocycles. The van der Waals surface area contributed by atoms with Crippen LogP contribution in [0.2, 0.25) is 0 Å². The fourth-order valence-electron chi connectivity index (χ4n) is 3.67. The van der Waals surface area contributed by atoms with Crippen LogP contribution in [0.25, 0.3) is 0 Å². The van der Waals surface area contributed by atoms with E-state index in [2.05, 4.69) is 46.7 Å². The summed E-state index contributed by atoms with van der Waals surface area (Å²) in [4.78, 5) is 26.6. The number of hydrogen-bond donors (Lipinski definition) is 2. The number of amides is 3. The van der Waals surface area contributed by atoms with Gasteiger partial charge in [-0.3, -0.25) is 15.0 Å². The molecule has 1 atom stereocenters. The highest BCUT2D eigenvalue weighted by Crippen LogP contribution is 2.34. The van der Waals surface area contributed by atoms with Crippen molar-refractivity contribution in [2.45, 2.75) is 25.8 Å². The lowest BCUT2D eigenvalue weighted by Crippen LogP contribution is -2.41. The molecule has 0 radical (unpaired) electrons. The van der Waals surface area contributed by atoms with Crippen LogP contribution in [0.1, 0.15) is 30.0 Å². The molecule has 2 heterocycles. The molecule has 3 amide bonds. The van der Waals surface area contributed by atoms with Crippen LogP contribution in [0.5, 0.6) is 11.5 Å². The Bertz CT molecular complexity index is 882. The van der Waals surface area contributed by atoms with E-state index in [9.17, 15) is 9.59 Å². The summed E-state index contributed by atoms with van der Waals surface area (Å²) in [5, 5.41) is 5.05. The number of carbonyl (C=O) groups excluding carboxylic acids is 2. The number of imide groups is 1. The molecule has 0 spiro atoms. The number of benzene rings is 2. The van der Waals surface area contributed by atoms with Gasteiger partial charge in [-0.15, -0.1) is 0 Å². The molecule has 7 nitrogen and oxygen atoms in total. The molecule has 1 fully saturated rings. The molecule has 146 valence electrons. The highest BCUT2D eigenvalue weighted by atomic mass is 16.7. The third-order valence-corrected chi connectivity index (χ3v) is 5.06. The van der Waals surface area contributed by atoms with Crippen molar-refractivity contribution in [1.82, 2.24) is 10.2 Å². The number of nitrogens with one attached hydrogen (secondary N) is 2. The number of aryl methyl sites for hydroxylation is 1. The van der Waals surface area contributed by atoms with Crippen molar-refractivity contribution in [1.29, 1.82) is 0 Å². The van der Waals surface area contributed by atoms with E-state index in [-0.39, 0.29) is 25.3 Å². The average molecular weight is 381 g/mol. The first-order chi connectivity index (χ1) is 13.6. The second-order valence-corrected chi connectivity index (χ2v) is 7.11. The Labute approximate surface area is 163 Å². The smallest absolute Gasteiger partial charge is 0.325 e. The van der Waals surface area contributed by atoms with E-state index in [0.717, 1.165) is 19.4 Å². The lowest BCUT2D eigenvalue weighted by Gasteiger charge is -2.24. The molecule has 2 aliphatic rings. The van der Waals surface area contributed by atoms with Crippen LogP contribution in [-0.4, -0.2) is 36.7 Å². The molecule has 4 rings (SSSR count). The van der Waals surface area contributed by atoms with Gasteiger partial charge in [0.25, 0.3) is 0 Å². The van der Waals surface area contributed by atoms with Crippen molar-refractivity contribution in [3.05, 3.63) is 53.6 Å². The number of carbonyl (C=O) groups is 2. The van der Waals surface area contributed by atoms with E-state index in [4.69, 9.17) is 9.47 Å². The Morgan fingerprint density at radius 3 is 2.71 bits per heavy atom. The van der Waals surface area contributed by atoms with Gasteiger partial charge in [-0.1, -0.05) is 29.8 Å². The Kier molecular flexibility index (Phi) is 5.16. The zero-order chi connectivity index (χ0) is 19.5. The number of urea groups is 1. The van der Waals surface area contributed by atoms with Gasteiger partial charge in [-0.2, -0.15) is 0 Å². The first-order valence-corrected chi connectivity index (χ1v) is 9.39. The fraction of sp³-hybridized carbons (Fsp3) is 0.333. The number of nitrogens with zero attached hydrogens (tertiary/aromatic N) is 1. The highest BCUT2D eigenvalue weighted by molar-refractivity contribution is 6.01. The second kappa shape index (κ2) is 7.90. The first kappa shape index (κ1) is 18.3. The number of rotatable bonds is 4. The third-order valence-electron chi connectivity index (χ3n) is 5.06. The Hall–Kier alpha value is -3.06. The summed E-state index contributed by atoms with van der Waals surface area (Å²) >= 11 is 0. The van der Waals surface area contributed by atoms with Crippen LogP contribution >= 0.6 is 0 Å². The minimum atomic E-state index is -0.560. The number of likely N-dealkylation sites (tertiary alicyclic amines) is 1. The predicted molar refractivity (Wildman–Crippen MR) is 104 cm³/mol. The molecule has 0 aliphatic carbocycles. The second-order valence-electron chi connectivity index (χ2n) is 7.11. The van der Waals surface area contributed by atoms with E-state index in [1.165, 1.54) is 11.1 Å². The van der Waals surface area contributed by atoms with Gasteiger partial charge in [-0.05, 0) is 44.0 Å². The highest BCUT2D eigenvalue weighted by Gasteiger charge is 2.28. The van der Waals surface area contributed by atoms with E-state index in [1.807, 2.05) is 0 Å². The minimum Gasteiger partial charge on any atom is -0.454 e. The first-order valence-electron chi connectivity index (χ1n) is 9.39. The molecular weight excluding hydrogens is 358 g/mol. The maximum atomic E-state index is 12.4. The molecule has 2 aromatic rings. The minimum absolute atomic E-state index is 0.168. The largest absolute Gasteiger partial charge is 0.454 e. The lowest BCUT2D eigenvalue weighted by atomic mass is 10.0. The molecule has 7 heteroatoms. The van der Waals surface area contributed by atoms with Gasteiger partial charge in [0.2, 0.25) is 12.7 Å². The summed E-state index contributed by atoms with van der Waals surface area (Å²) in [7, 11) is 0. The Morgan fingerprint density at radius 1 is 1.11 bits per heavy atom. The van der Waals surface area contributed by atoms with E-state index < -0.39 is 6.03 Å². The molecule has 28 heavy (non-hydrogen) atoms. The molecule has 0 saturated carbocycles. The molecule has 1 unspecified atom stereocenters. The fourth-order valence-corrected chi connectivity index (χ4v) is 3.67. The molecular formula is C21H23N3O4. The van der Waals surface area contributed by atoms with Crippen molar-refractivity contribution < 1.29 is 19.1 Å². The van der Waals surface area contributed by atoms with Gasteiger partial charge in [-0.25, -0.2) is 4.79 Å². The summed E-state index contributed by atoms with van der Waals surface area (Å²) in [6.45, 7) is 3.26. The summed E-state index contributed by atoms with van der Waals surface area (Å²) in [6.07, 6.45) is 2.05.